The summed E-state index contributed by atoms with van der Waals surface area (Å²) in [5.41, 5.74) is 1.71. The van der Waals surface area contributed by atoms with Gasteiger partial charge in [0.05, 0.1) is 12.2 Å². The van der Waals surface area contributed by atoms with Crippen LogP contribution in [-0.4, -0.2) is 52.0 Å². The van der Waals surface area contributed by atoms with Gasteiger partial charge in [0.25, 0.3) is 0 Å². The largest absolute Gasteiger partial charge is 0.480 e. The smallest absolute Gasteiger partial charge is 0.408 e. The van der Waals surface area contributed by atoms with Crippen LogP contribution in [0.2, 0.25) is 0 Å². The summed E-state index contributed by atoms with van der Waals surface area (Å²) >= 11 is 0. The topological polar surface area (TPSA) is 176 Å². The summed E-state index contributed by atoms with van der Waals surface area (Å²) in [5.74, 6) is -4.20. The van der Waals surface area contributed by atoms with Crippen LogP contribution in [-0.2, 0) is 35.3 Å². The maximum absolute atomic E-state index is 13.6. The highest BCUT2D eigenvalue weighted by atomic mass is 16.5. The van der Waals surface area contributed by atoms with Crippen molar-refractivity contribution in [3.63, 3.8) is 0 Å². The summed E-state index contributed by atoms with van der Waals surface area (Å²) in [4.78, 5) is 66.9. The van der Waals surface area contributed by atoms with Gasteiger partial charge in [-0.2, -0.15) is 0 Å². The van der Waals surface area contributed by atoms with Gasteiger partial charge >= 0.3 is 18.0 Å². The molecule has 0 fully saturated rings. The number of fused-ring (bicyclic) bond motifs is 1. The van der Waals surface area contributed by atoms with E-state index in [1.807, 2.05) is 0 Å². The van der Waals surface area contributed by atoms with Gasteiger partial charge < -0.3 is 35.5 Å². The molecular formula is C30H34N4O8. The van der Waals surface area contributed by atoms with Crippen molar-refractivity contribution in [2.24, 2.45) is 5.92 Å². The number of alkyl carbamates (subject to hydrolysis) is 1. The van der Waals surface area contributed by atoms with Crippen LogP contribution in [0.4, 0.5) is 4.79 Å². The lowest BCUT2D eigenvalue weighted by Gasteiger charge is -2.25. The Bertz CT molecular complexity index is 1450. The average molecular weight is 579 g/mol. The number of carboxylic acid groups (broad SMARTS) is 1. The summed E-state index contributed by atoms with van der Waals surface area (Å²) in [7, 11) is 0. The lowest BCUT2D eigenvalue weighted by molar-refractivity contribution is -0.144. The lowest BCUT2D eigenvalue weighted by atomic mass is 10.0. The predicted octanol–water partition coefficient (Wildman–Crippen LogP) is 3.31. The molecule has 0 aliphatic heterocycles. The van der Waals surface area contributed by atoms with E-state index in [0.717, 1.165) is 0 Å². The van der Waals surface area contributed by atoms with Crippen molar-refractivity contribution in [2.45, 2.75) is 51.9 Å². The zero-order valence-electron chi connectivity index (χ0n) is 23.5. The summed E-state index contributed by atoms with van der Waals surface area (Å²) in [5, 5.41) is 17.6. The highest BCUT2D eigenvalue weighted by Gasteiger charge is 2.34. The highest BCUT2D eigenvalue weighted by molar-refractivity contribution is 5.98. The molecule has 0 aliphatic rings. The number of para-hydroxylation sites is 1. The van der Waals surface area contributed by atoms with Crippen LogP contribution >= 0.6 is 0 Å². The second kappa shape index (κ2) is 14.5. The number of carbonyl (C=O) groups is 5. The minimum atomic E-state index is -1.51. The van der Waals surface area contributed by atoms with Crippen LogP contribution in [0.5, 0.6) is 0 Å². The number of aromatic amines is 1. The summed E-state index contributed by atoms with van der Waals surface area (Å²) in [6.45, 7) is 8.11. The number of carboxylic acids is 1. The molecule has 12 nitrogen and oxygen atoms in total. The molecule has 42 heavy (non-hydrogen) atoms. The minimum Gasteiger partial charge on any atom is -0.480 e. The fraction of sp³-hybridized carbons (Fsp3) is 0.300. The molecule has 0 aliphatic carbocycles. The van der Waals surface area contributed by atoms with E-state index in [1.165, 1.54) is 13.1 Å². The number of allylic oxidation sites excluding steroid dienone is 1. The fourth-order valence-electron chi connectivity index (χ4n) is 4.13. The zero-order chi connectivity index (χ0) is 30.8. The molecule has 0 radical (unpaired) electrons. The molecule has 222 valence electrons. The Kier molecular flexibility index (Phi) is 10.8. The Labute approximate surface area is 242 Å². The Morgan fingerprint density at radius 3 is 2.24 bits per heavy atom. The molecule has 0 saturated carbocycles. The molecule has 0 bridgehead atoms. The van der Waals surface area contributed by atoms with Crippen LogP contribution in [0.15, 0.2) is 73.1 Å². The number of aromatic nitrogens is 1. The summed E-state index contributed by atoms with van der Waals surface area (Å²) < 4.78 is 10.2. The highest BCUT2D eigenvalue weighted by Crippen LogP contribution is 2.25. The van der Waals surface area contributed by atoms with E-state index in [0.29, 0.717) is 22.0 Å². The number of H-pyrrole nitrogens is 1. The van der Waals surface area contributed by atoms with E-state index in [2.05, 4.69) is 27.5 Å². The number of nitrogens with one attached hydrogen (secondary N) is 4. The maximum Gasteiger partial charge on any atom is 0.408 e. The first-order valence-corrected chi connectivity index (χ1v) is 13.2. The zero-order valence-corrected chi connectivity index (χ0v) is 23.5. The van der Waals surface area contributed by atoms with Crippen molar-refractivity contribution in [1.82, 2.24) is 20.9 Å². The average Bonchev–Trinajstić information content (AvgIpc) is 3.36. The summed E-state index contributed by atoms with van der Waals surface area (Å²) in [6.07, 6.45) is -0.0712. The van der Waals surface area contributed by atoms with Crippen LogP contribution in [0.1, 0.15) is 44.4 Å². The number of hydrogen-bond acceptors (Lipinski definition) is 7. The van der Waals surface area contributed by atoms with Crippen LogP contribution in [0.3, 0.4) is 0 Å². The maximum atomic E-state index is 13.6. The third-order valence-electron chi connectivity index (χ3n) is 6.19. The molecule has 12 heteroatoms. The lowest BCUT2D eigenvalue weighted by Crippen LogP contribution is -2.53. The number of ether oxygens (including phenoxy) is 2. The molecule has 2 aromatic carbocycles. The molecule has 3 atom stereocenters. The fourth-order valence-corrected chi connectivity index (χ4v) is 4.13. The Hall–Kier alpha value is -5.13. The quantitative estimate of drug-likeness (QED) is 0.152. The summed E-state index contributed by atoms with van der Waals surface area (Å²) in [6, 6.07) is 11.7. The number of carbonyl (C=O) groups excluding carboxylic acids is 4. The van der Waals surface area contributed by atoms with Crippen molar-refractivity contribution in [3.05, 3.63) is 84.3 Å². The normalized spacial score (nSPS) is 13.0. The minimum absolute atomic E-state index is 0.0789. The van der Waals surface area contributed by atoms with Gasteiger partial charge in [-0.05, 0) is 24.5 Å². The van der Waals surface area contributed by atoms with Crippen molar-refractivity contribution >= 4 is 40.7 Å². The predicted molar refractivity (Wildman–Crippen MR) is 153 cm³/mol. The molecule has 5 N–H and O–H groups in total. The van der Waals surface area contributed by atoms with Gasteiger partial charge in [-0.1, -0.05) is 69.0 Å². The number of hydrogen-bond donors (Lipinski definition) is 5. The number of esters is 1. The van der Waals surface area contributed by atoms with Gasteiger partial charge in [-0.15, -0.1) is 0 Å². The molecule has 0 spiro atoms. The van der Waals surface area contributed by atoms with E-state index < -0.39 is 60.3 Å². The molecule has 3 amide bonds. The van der Waals surface area contributed by atoms with E-state index >= 15 is 0 Å². The van der Waals surface area contributed by atoms with Gasteiger partial charge in [0.2, 0.25) is 11.8 Å². The first-order chi connectivity index (χ1) is 20.0. The van der Waals surface area contributed by atoms with Gasteiger partial charge in [0.1, 0.15) is 24.7 Å². The van der Waals surface area contributed by atoms with Gasteiger partial charge in [0.15, 0.2) is 0 Å². The van der Waals surface area contributed by atoms with Crippen LogP contribution in [0.25, 0.3) is 10.9 Å². The molecule has 1 unspecified atom stereocenters. The van der Waals surface area contributed by atoms with E-state index in [1.54, 1.807) is 68.4 Å². The van der Waals surface area contributed by atoms with E-state index in [4.69, 9.17) is 9.47 Å². The molecule has 0 saturated heterocycles. The molecule has 3 aromatic rings. The number of amides is 3. The molecule has 1 aromatic heterocycles. The van der Waals surface area contributed by atoms with Crippen molar-refractivity contribution in [3.8, 4) is 0 Å². The monoisotopic (exact) mass is 578 g/mol. The standard InChI is InChI=1S/C30H34N4O8/c1-17(2)25(29(38)39)33-28(37)26(21-15-31-22-13-9-8-12-20(21)22)34-27(36)23(14-24(35)42-18(3)4)32-30(40)41-16-19-10-6-5-7-11-19/h5-13,15,17,23,25-26,31H,3,14,16H2,1-2,4H3,(H,32,40)(H,33,37)(H,34,36)(H,38,39)/t23-,25-,26?/m0/s1. The van der Waals surface area contributed by atoms with Crippen LogP contribution in [0, 0.1) is 5.92 Å². The first-order valence-electron chi connectivity index (χ1n) is 13.2. The number of aliphatic carboxylic acids is 1. The Morgan fingerprint density at radius 2 is 1.60 bits per heavy atom. The van der Waals surface area contributed by atoms with Crippen molar-refractivity contribution < 1.29 is 38.6 Å². The molecule has 1 heterocycles. The molecular weight excluding hydrogens is 544 g/mol. The van der Waals surface area contributed by atoms with E-state index in [-0.39, 0.29) is 12.4 Å². The second-order valence-corrected chi connectivity index (χ2v) is 9.94. The molecule has 3 rings (SSSR count). The van der Waals surface area contributed by atoms with Gasteiger partial charge in [0, 0.05) is 22.7 Å². The number of benzene rings is 2. The van der Waals surface area contributed by atoms with Gasteiger partial charge in [-0.25, -0.2) is 9.59 Å². The number of rotatable bonds is 13. The third-order valence-corrected chi connectivity index (χ3v) is 6.19. The third kappa shape index (κ3) is 8.68. The Balaban J connectivity index is 1.88. The second-order valence-electron chi connectivity index (χ2n) is 9.94. The van der Waals surface area contributed by atoms with E-state index in [9.17, 15) is 29.1 Å². The SMILES string of the molecule is C=C(C)OC(=O)C[C@H](NC(=O)OCc1ccccc1)C(=O)NC(C(=O)N[C@H](C(=O)O)C(C)C)c1c[nH]c2ccccc12. The van der Waals surface area contributed by atoms with Gasteiger partial charge in [-0.3, -0.25) is 14.4 Å². The van der Waals surface area contributed by atoms with Crippen LogP contribution < -0.4 is 16.0 Å². The van der Waals surface area contributed by atoms with Crippen molar-refractivity contribution in [1.29, 1.82) is 0 Å². The first kappa shape index (κ1) is 31.4. The van der Waals surface area contributed by atoms with Crippen molar-refractivity contribution in [2.75, 3.05) is 0 Å². The Morgan fingerprint density at radius 1 is 0.929 bits per heavy atom.